The van der Waals surface area contributed by atoms with Gasteiger partial charge in [0.1, 0.15) is 0 Å². The van der Waals surface area contributed by atoms with Crippen molar-refractivity contribution >= 4 is 5.91 Å². The van der Waals surface area contributed by atoms with Crippen LogP contribution in [0.3, 0.4) is 0 Å². The van der Waals surface area contributed by atoms with Crippen LogP contribution in [-0.4, -0.2) is 47.5 Å². The Bertz CT molecular complexity index is 290. The van der Waals surface area contributed by atoms with E-state index in [1.165, 1.54) is 0 Å². The number of amides is 1. The minimum Gasteiger partial charge on any atom is -0.389 e. The molecule has 0 aromatic heterocycles. The lowest BCUT2D eigenvalue weighted by atomic mass is 10.1. The largest absolute Gasteiger partial charge is 0.409 e. The van der Waals surface area contributed by atoms with Crippen molar-refractivity contribution in [1.82, 2.24) is 4.90 Å². The third-order valence-electron chi connectivity index (χ3n) is 1.90. The number of hydrogen-bond donors (Lipinski definition) is 1. The van der Waals surface area contributed by atoms with Crippen molar-refractivity contribution in [2.45, 2.75) is 31.8 Å². The van der Waals surface area contributed by atoms with Gasteiger partial charge in [-0.15, -0.1) is 0 Å². The van der Waals surface area contributed by atoms with E-state index in [1.54, 1.807) is 0 Å². The van der Waals surface area contributed by atoms with Crippen molar-refractivity contribution in [3.05, 3.63) is 0 Å². The molecule has 0 aromatic rings. The fraction of sp³-hybridized carbons (Fsp3) is 0.889. The Balaban J connectivity index is 5.12. The summed E-state index contributed by atoms with van der Waals surface area (Å²) in [7, 11) is 0.769. The van der Waals surface area contributed by atoms with Crippen LogP contribution in [0.4, 0.5) is 26.3 Å². The molecule has 0 aromatic carbocycles. The van der Waals surface area contributed by atoms with Gasteiger partial charge in [0.05, 0.1) is 5.60 Å². The maximum absolute atomic E-state index is 12.2. The first-order valence-corrected chi connectivity index (χ1v) is 4.77. The summed E-state index contributed by atoms with van der Waals surface area (Å²) in [4.78, 5) is 11.4. The summed E-state index contributed by atoms with van der Waals surface area (Å²) in [6, 6.07) is 0. The van der Waals surface area contributed by atoms with Crippen LogP contribution < -0.4 is 0 Å². The quantitative estimate of drug-likeness (QED) is 0.803. The lowest BCUT2D eigenvalue weighted by molar-refractivity contribution is -0.277. The monoisotopic (exact) mass is 281 g/mol. The number of likely N-dealkylation sites (N-methyl/N-ethyl adjacent to an activating group) is 1. The average molecular weight is 281 g/mol. The topological polar surface area (TPSA) is 40.5 Å². The molecular formula is C9H13F6NO2. The van der Waals surface area contributed by atoms with Gasteiger partial charge >= 0.3 is 12.4 Å². The van der Waals surface area contributed by atoms with Gasteiger partial charge in [-0.3, -0.25) is 4.79 Å². The zero-order chi connectivity index (χ0) is 14.9. The zero-order valence-corrected chi connectivity index (χ0v) is 9.85. The van der Waals surface area contributed by atoms with E-state index in [0.717, 1.165) is 20.9 Å². The smallest absolute Gasteiger partial charge is 0.389 e. The van der Waals surface area contributed by atoms with E-state index in [9.17, 15) is 36.2 Å². The van der Waals surface area contributed by atoms with E-state index in [4.69, 9.17) is 0 Å². The van der Waals surface area contributed by atoms with Gasteiger partial charge in [0.2, 0.25) is 11.8 Å². The molecule has 3 nitrogen and oxygen atoms in total. The molecule has 0 unspecified atom stereocenters. The molecule has 0 heterocycles. The minimum absolute atomic E-state index is 0.214. The second kappa shape index (κ2) is 4.94. The molecule has 0 saturated carbocycles. The number of halogens is 6. The summed E-state index contributed by atoms with van der Waals surface area (Å²) in [6.07, 6.45) is -11.4. The third kappa shape index (κ3) is 5.11. The van der Waals surface area contributed by atoms with E-state index in [2.05, 4.69) is 0 Å². The van der Waals surface area contributed by atoms with E-state index < -0.39 is 36.3 Å². The highest BCUT2D eigenvalue weighted by atomic mass is 19.4. The van der Waals surface area contributed by atoms with Crippen LogP contribution in [-0.2, 0) is 4.79 Å². The van der Waals surface area contributed by atoms with Crippen LogP contribution in [0.25, 0.3) is 0 Å². The predicted octanol–water partition coefficient (Wildman–Crippen LogP) is 1.96. The summed E-state index contributed by atoms with van der Waals surface area (Å²) < 4.78 is 73.4. The van der Waals surface area contributed by atoms with Gasteiger partial charge in [-0.2, -0.15) is 26.3 Å². The average Bonchev–Trinajstić information content (AvgIpc) is 1.93. The highest BCUT2D eigenvalue weighted by Crippen LogP contribution is 2.40. The lowest BCUT2D eigenvalue weighted by Gasteiger charge is -2.30. The standard InChI is InChI=1S/C9H13F6NO2/c1-7(2,18)4-16(3)6(17)5(8(10,11)12)9(13,14)15/h5,18H,4H2,1-3H3. The molecule has 108 valence electrons. The molecule has 18 heavy (non-hydrogen) atoms. The molecule has 0 spiro atoms. The third-order valence-corrected chi connectivity index (χ3v) is 1.90. The van der Waals surface area contributed by atoms with Crippen LogP contribution in [0.5, 0.6) is 0 Å². The Hall–Kier alpha value is -0.990. The van der Waals surface area contributed by atoms with Gasteiger partial charge in [0.15, 0.2) is 0 Å². The minimum atomic E-state index is -5.72. The Morgan fingerprint density at radius 2 is 1.44 bits per heavy atom. The normalized spacial score (nSPS) is 13.9. The molecule has 1 N–H and O–H groups in total. The second-order valence-corrected chi connectivity index (χ2v) is 4.52. The lowest BCUT2D eigenvalue weighted by Crippen LogP contribution is -2.51. The van der Waals surface area contributed by atoms with Crippen molar-refractivity contribution in [3.8, 4) is 0 Å². The van der Waals surface area contributed by atoms with Crippen molar-refractivity contribution in [3.63, 3.8) is 0 Å². The van der Waals surface area contributed by atoms with Crippen LogP contribution in [0.1, 0.15) is 13.8 Å². The Kier molecular flexibility index (Phi) is 4.67. The fourth-order valence-electron chi connectivity index (χ4n) is 1.34. The molecule has 0 bridgehead atoms. The highest BCUT2D eigenvalue weighted by Gasteiger charge is 2.61. The number of alkyl halides is 6. The van der Waals surface area contributed by atoms with Crippen molar-refractivity contribution in [2.24, 2.45) is 5.92 Å². The summed E-state index contributed by atoms with van der Waals surface area (Å²) in [5, 5.41) is 9.27. The fourth-order valence-corrected chi connectivity index (χ4v) is 1.34. The molecule has 0 fully saturated rings. The number of carbonyl (C=O) groups is 1. The first kappa shape index (κ1) is 17.0. The first-order valence-electron chi connectivity index (χ1n) is 4.77. The molecule has 0 radical (unpaired) electrons. The van der Waals surface area contributed by atoms with Gasteiger partial charge in [0.25, 0.3) is 0 Å². The number of nitrogens with zero attached hydrogens (tertiary/aromatic N) is 1. The van der Waals surface area contributed by atoms with Crippen LogP contribution in [0.15, 0.2) is 0 Å². The molecule has 0 saturated heterocycles. The van der Waals surface area contributed by atoms with E-state index in [1.807, 2.05) is 0 Å². The highest BCUT2D eigenvalue weighted by molar-refractivity contribution is 5.80. The van der Waals surface area contributed by atoms with E-state index in [-0.39, 0.29) is 4.90 Å². The van der Waals surface area contributed by atoms with Crippen LogP contribution in [0, 0.1) is 5.92 Å². The number of aliphatic hydroxyl groups is 1. The molecular weight excluding hydrogens is 268 g/mol. The summed E-state index contributed by atoms with van der Waals surface area (Å²) in [5.41, 5.74) is -1.59. The molecule has 0 aliphatic rings. The Morgan fingerprint density at radius 1 is 1.11 bits per heavy atom. The molecule has 0 atom stereocenters. The summed E-state index contributed by atoms with van der Waals surface area (Å²) in [6.45, 7) is 1.68. The van der Waals surface area contributed by atoms with Gasteiger partial charge in [0, 0.05) is 13.6 Å². The van der Waals surface area contributed by atoms with Gasteiger partial charge in [-0.05, 0) is 13.8 Å². The Labute approximate surface area is 99.4 Å². The van der Waals surface area contributed by atoms with Crippen LogP contribution >= 0.6 is 0 Å². The summed E-state index contributed by atoms with van der Waals surface area (Å²) >= 11 is 0. The van der Waals surface area contributed by atoms with Gasteiger partial charge < -0.3 is 10.0 Å². The molecule has 1 amide bonds. The Morgan fingerprint density at radius 3 is 1.67 bits per heavy atom. The predicted molar refractivity (Wildman–Crippen MR) is 49.5 cm³/mol. The first-order chi connectivity index (χ1) is 7.66. The molecule has 0 rings (SSSR count). The van der Waals surface area contributed by atoms with Gasteiger partial charge in [-0.1, -0.05) is 0 Å². The summed E-state index contributed by atoms with van der Waals surface area (Å²) in [5.74, 6) is -6.21. The van der Waals surface area contributed by atoms with E-state index >= 15 is 0 Å². The zero-order valence-electron chi connectivity index (χ0n) is 9.85. The second-order valence-electron chi connectivity index (χ2n) is 4.52. The molecule has 0 aliphatic carbocycles. The number of hydrogen-bond acceptors (Lipinski definition) is 2. The maximum Gasteiger partial charge on any atom is 0.409 e. The van der Waals surface area contributed by atoms with Crippen molar-refractivity contribution < 1.29 is 36.2 Å². The van der Waals surface area contributed by atoms with E-state index in [0.29, 0.717) is 0 Å². The number of carbonyl (C=O) groups excluding carboxylic acids is 1. The van der Waals surface area contributed by atoms with Crippen molar-refractivity contribution in [2.75, 3.05) is 13.6 Å². The van der Waals surface area contributed by atoms with Crippen molar-refractivity contribution in [1.29, 1.82) is 0 Å². The molecule has 0 aliphatic heterocycles. The molecule has 9 heteroatoms. The SMILES string of the molecule is CN(CC(C)(C)O)C(=O)C(C(F)(F)F)C(F)(F)F. The van der Waals surface area contributed by atoms with Crippen LogP contribution in [0.2, 0.25) is 0 Å². The maximum atomic E-state index is 12.2. The van der Waals surface area contributed by atoms with Gasteiger partial charge in [-0.25, -0.2) is 0 Å². The number of rotatable bonds is 3.